The fourth-order valence-corrected chi connectivity index (χ4v) is 10.9. The van der Waals surface area contributed by atoms with Gasteiger partial charge in [-0.3, -0.25) is 9.59 Å². The molecule has 0 rings (SSSR count). The molecule has 0 aromatic rings. The molecule has 9 heteroatoms. The van der Waals surface area contributed by atoms with Gasteiger partial charge in [-0.15, -0.1) is 0 Å². The molecule has 0 aromatic heterocycles. The summed E-state index contributed by atoms with van der Waals surface area (Å²) in [5.74, 6) is -2.27. The Labute approximate surface area is 568 Å². The minimum atomic E-state index is -1.63. The molecular weight excluding hydrogens is 1140 g/mol. The molecule has 0 fully saturated rings. The van der Waals surface area contributed by atoms with Crippen LogP contribution in [0.2, 0.25) is 0 Å². The fourth-order valence-electron chi connectivity index (χ4n) is 10.9. The van der Waals surface area contributed by atoms with Crippen molar-refractivity contribution in [1.29, 1.82) is 0 Å². The van der Waals surface area contributed by atoms with Gasteiger partial charge >= 0.3 is 11.9 Å². The standard InChI is InChI=1S/C83H145NO8/c1-6-8-10-12-14-16-18-20-22-24-26-28-30-32-34-35-36-37-38-39-40-41-42-43-44-45-46-47-48-50-52-54-56-58-60-62-64-66-68-70-72-74-81(86)92-79(78-91-83(82(87)88)89-76-75-84(3,4)5)77-90-80(85)73-71-69-67-65-63-61-59-57-55-53-51-49-33-31-29-27-25-23-21-19-17-15-13-11-9-7-2/h8,10,14,16,20,22,26,28,32,34,36-37,39-40,42-43,45-46,79,83H,6-7,9,11-13,15,17-19,21,23-25,27,29-31,33,35,38,41,44,47-78H2,1-5H3/b10-8-,16-14-,22-20-,28-26-,34-32-,37-36-,40-39-,43-42-,46-45-. The van der Waals surface area contributed by atoms with Crippen molar-refractivity contribution in [3.05, 3.63) is 109 Å². The van der Waals surface area contributed by atoms with Gasteiger partial charge in [0.05, 0.1) is 40.3 Å². The average Bonchev–Trinajstić information content (AvgIpc) is 3.70. The predicted molar refractivity (Wildman–Crippen MR) is 394 cm³/mol. The first-order valence-corrected chi connectivity index (χ1v) is 38.5. The van der Waals surface area contributed by atoms with Crippen LogP contribution in [0.25, 0.3) is 0 Å². The highest BCUT2D eigenvalue weighted by Gasteiger charge is 2.22. The maximum atomic E-state index is 13.0. The number of allylic oxidation sites excluding steroid dienone is 18. The van der Waals surface area contributed by atoms with Crippen molar-refractivity contribution in [2.45, 2.75) is 354 Å². The Morgan fingerprint density at radius 1 is 0.337 bits per heavy atom. The highest BCUT2D eigenvalue weighted by atomic mass is 16.7. The minimum Gasteiger partial charge on any atom is -0.545 e. The molecule has 0 heterocycles. The van der Waals surface area contributed by atoms with Gasteiger partial charge in [0.15, 0.2) is 12.4 Å². The van der Waals surface area contributed by atoms with E-state index in [0.29, 0.717) is 23.9 Å². The lowest BCUT2D eigenvalue weighted by molar-refractivity contribution is -0.870. The van der Waals surface area contributed by atoms with E-state index >= 15 is 0 Å². The van der Waals surface area contributed by atoms with E-state index in [1.54, 1.807) is 0 Å². The van der Waals surface area contributed by atoms with E-state index in [0.717, 1.165) is 96.3 Å². The number of aliphatic carboxylic acids is 1. The predicted octanol–water partition coefficient (Wildman–Crippen LogP) is 23.2. The summed E-state index contributed by atoms with van der Waals surface area (Å²) in [4.78, 5) is 37.6. The van der Waals surface area contributed by atoms with Gasteiger partial charge in [-0.1, -0.05) is 354 Å². The van der Waals surface area contributed by atoms with E-state index in [2.05, 4.69) is 123 Å². The number of hydrogen-bond donors (Lipinski definition) is 0. The van der Waals surface area contributed by atoms with E-state index in [-0.39, 0.29) is 32.2 Å². The second-order valence-corrected chi connectivity index (χ2v) is 26.9. The van der Waals surface area contributed by atoms with Crippen LogP contribution in [0.3, 0.4) is 0 Å². The Hall–Kier alpha value is -4.05. The molecule has 0 saturated carbocycles. The van der Waals surface area contributed by atoms with Crippen LogP contribution in [0.4, 0.5) is 0 Å². The largest absolute Gasteiger partial charge is 0.545 e. The topological polar surface area (TPSA) is 111 Å². The number of nitrogens with zero attached hydrogens (tertiary/aromatic N) is 1. The molecule has 0 bridgehead atoms. The average molecular weight is 1290 g/mol. The number of unbranched alkanes of at least 4 members (excludes halogenated alkanes) is 38. The van der Waals surface area contributed by atoms with Gasteiger partial charge in [0.1, 0.15) is 13.2 Å². The zero-order valence-corrected chi connectivity index (χ0v) is 60.7. The quantitative estimate of drug-likeness (QED) is 0.0195. The van der Waals surface area contributed by atoms with E-state index in [9.17, 15) is 19.5 Å². The van der Waals surface area contributed by atoms with Crippen molar-refractivity contribution in [2.75, 3.05) is 47.5 Å². The zero-order chi connectivity index (χ0) is 66.8. The zero-order valence-electron chi connectivity index (χ0n) is 60.7. The number of carboxylic acid groups (broad SMARTS) is 1. The summed E-state index contributed by atoms with van der Waals surface area (Å²) >= 11 is 0. The number of ether oxygens (including phenoxy) is 4. The maximum absolute atomic E-state index is 13.0. The number of carbonyl (C=O) groups is 3. The molecule has 530 valence electrons. The molecule has 0 radical (unpaired) electrons. The number of carbonyl (C=O) groups excluding carboxylic acids is 3. The Kier molecular flexibility index (Phi) is 69.6. The van der Waals surface area contributed by atoms with E-state index in [1.165, 1.54) is 212 Å². The highest BCUT2D eigenvalue weighted by molar-refractivity contribution is 5.70. The molecular formula is C83H145NO8. The Morgan fingerprint density at radius 2 is 0.620 bits per heavy atom. The van der Waals surface area contributed by atoms with Gasteiger partial charge < -0.3 is 33.3 Å². The molecule has 2 unspecified atom stereocenters. The first-order chi connectivity index (χ1) is 45.1. The van der Waals surface area contributed by atoms with Crippen molar-refractivity contribution in [3.63, 3.8) is 0 Å². The number of likely N-dealkylation sites (N-methyl/N-ethyl adjacent to an activating group) is 1. The smallest absolute Gasteiger partial charge is 0.306 e. The third-order valence-corrected chi connectivity index (χ3v) is 16.8. The van der Waals surface area contributed by atoms with Crippen LogP contribution >= 0.6 is 0 Å². The lowest BCUT2D eigenvalue weighted by Gasteiger charge is -2.26. The summed E-state index contributed by atoms with van der Waals surface area (Å²) in [5.41, 5.74) is 0. The van der Waals surface area contributed by atoms with Crippen LogP contribution in [0.15, 0.2) is 109 Å². The van der Waals surface area contributed by atoms with Gasteiger partial charge in [-0.05, 0) is 83.5 Å². The first kappa shape index (κ1) is 88.0. The number of esters is 2. The van der Waals surface area contributed by atoms with Crippen molar-refractivity contribution in [3.8, 4) is 0 Å². The molecule has 0 amide bonds. The van der Waals surface area contributed by atoms with Gasteiger partial charge in [-0.2, -0.15) is 0 Å². The monoisotopic (exact) mass is 1280 g/mol. The molecule has 0 aliphatic heterocycles. The highest BCUT2D eigenvalue weighted by Crippen LogP contribution is 2.19. The lowest BCUT2D eigenvalue weighted by atomic mass is 10.0. The van der Waals surface area contributed by atoms with Gasteiger partial charge in [0, 0.05) is 12.8 Å². The minimum absolute atomic E-state index is 0.146. The fraction of sp³-hybridized carbons (Fsp3) is 0.747. The second-order valence-electron chi connectivity index (χ2n) is 26.9. The van der Waals surface area contributed by atoms with Crippen LogP contribution in [0.5, 0.6) is 0 Å². The maximum Gasteiger partial charge on any atom is 0.306 e. The molecule has 0 saturated heterocycles. The van der Waals surface area contributed by atoms with E-state index < -0.39 is 24.3 Å². The lowest BCUT2D eigenvalue weighted by Crippen LogP contribution is -2.44. The summed E-state index contributed by atoms with van der Waals surface area (Å²) in [5, 5.41) is 11.8. The molecule has 0 aliphatic carbocycles. The first-order valence-electron chi connectivity index (χ1n) is 38.5. The van der Waals surface area contributed by atoms with Crippen LogP contribution < -0.4 is 5.11 Å². The summed E-state index contributed by atoms with van der Waals surface area (Å²) in [7, 11) is 5.94. The van der Waals surface area contributed by atoms with Crippen LogP contribution in [-0.2, 0) is 33.3 Å². The van der Waals surface area contributed by atoms with E-state index in [4.69, 9.17) is 18.9 Å². The van der Waals surface area contributed by atoms with Crippen molar-refractivity contribution in [1.82, 2.24) is 0 Å². The molecule has 0 N–H and O–H groups in total. The van der Waals surface area contributed by atoms with Crippen LogP contribution in [0, 0.1) is 0 Å². The van der Waals surface area contributed by atoms with Gasteiger partial charge in [0.25, 0.3) is 0 Å². The third-order valence-electron chi connectivity index (χ3n) is 16.8. The number of hydrogen-bond acceptors (Lipinski definition) is 8. The van der Waals surface area contributed by atoms with E-state index in [1.807, 2.05) is 21.1 Å². The van der Waals surface area contributed by atoms with Gasteiger partial charge in [0.2, 0.25) is 0 Å². The summed E-state index contributed by atoms with van der Waals surface area (Å²) in [6.45, 7) is 4.68. The normalized spacial score (nSPS) is 13.3. The molecule has 0 aromatic carbocycles. The summed E-state index contributed by atoms with van der Waals surface area (Å²) in [6.07, 6.45) is 99.1. The SMILES string of the molecule is CC/C=C\C/C=C\C/C=C\C/C=C\C/C=C\C/C=C\C/C=C\C/C=C\C/C=C\CCCCCCCCCCCCCCCC(=O)OC(COC(=O)CCCCCCCCCCCCCCCCCCCCCCCCCCCC)COC(OCC[N+](C)(C)C)C(=O)[O-]. The number of rotatable bonds is 71. The third kappa shape index (κ3) is 73.4. The van der Waals surface area contributed by atoms with Crippen molar-refractivity contribution >= 4 is 17.9 Å². The number of quaternary nitrogens is 1. The van der Waals surface area contributed by atoms with Crippen molar-refractivity contribution < 1.29 is 42.9 Å². The molecule has 0 spiro atoms. The van der Waals surface area contributed by atoms with Crippen LogP contribution in [-0.4, -0.2) is 82.3 Å². The molecule has 9 nitrogen and oxygen atoms in total. The molecule has 2 atom stereocenters. The second kappa shape index (κ2) is 72.8. The van der Waals surface area contributed by atoms with Crippen LogP contribution in [0.1, 0.15) is 341 Å². The Morgan fingerprint density at radius 3 is 0.924 bits per heavy atom. The number of carboxylic acids is 1. The Bertz CT molecular complexity index is 1880. The summed E-state index contributed by atoms with van der Waals surface area (Å²) < 4.78 is 22.8. The Balaban J connectivity index is 4.06. The van der Waals surface area contributed by atoms with Crippen molar-refractivity contribution in [2.24, 2.45) is 0 Å². The molecule has 92 heavy (non-hydrogen) atoms. The van der Waals surface area contributed by atoms with Gasteiger partial charge in [-0.25, -0.2) is 0 Å². The summed E-state index contributed by atoms with van der Waals surface area (Å²) in [6, 6.07) is 0. The molecule has 0 aliphatic rings.